The molecule has 0 radical (unpaired) electrons. The Bertz CT molecular complexity index is 1450. The SMILES string of the molecule is CCC(Oc1ccc(Cl)cc1Cl)C(=O)NN=Cc1ccccc1OC(=O)c1sc2ccccc2c1Cl. The quantitative estimate of drug-likeness (QED) is 0.105. The Morgan fingerprint density at radius 2 is 1.78 bits per heavy atom. The summed E-state index contributed by atoms with van der Waals surface area (Å²) in [6.45, 7) is 1.80. The summed E-state index contributed by atoms with van der Waals surface area (Å²) in [5.41, 5.74) is 2.93. The molecule has 1 amide bonds. The number of halogens is 3. The molecule has 10 heteroatoms. The highest BCUT2D eigenvalue weighted by atomic mass is 35.5. The van der Waals surface area contributed by atoms with Gasteiger partial charge in [0.05, 0.1) is 16.3 Å². The van der Waals surface area contributed by atoms with Crippen molar-refractivity contribution < 1.29 is 19.1 Å². The highest BCUT2D eigenvalue weighted by molar-refractivity contribution is 7.21. The van der Waals surface area contributed by atoms with Crippen LogP contribution in [0, 0.1) is 0 Å². The standard InChI is InChI=1S/C26H19Cl3N2O4S/c1-2-19(34-21-12-11-16(27)13-18(21)28)25(32)31-30-14-15-7-3-5-9-20(15)35-26(33)24-23(29)17-8-4-6-10-22(17)36-24/h3-14,19H,2H2,1H3,(H,31,32). The number of nitrogens with zero attached hydrogens (tertiary/aromatic N) is 1. The topological polar surface area (TPSA) is 77.0 Å². The third kappa shape index (κ3) is 5.99. The van der Waals surface area contributed by atoms with Crippen molar-refractivity contribution in [3.05, 3.63) is 92.2 Å². The smallest absolute Gasteiger partial charge is 0.355 e. The maximum atomic E-state index is 12.8. The number of hydrazone groups is 1. The van der Waals surface area contributed by atoms with Gasteiger partial charge < -0.3 is 9.47 Å². The number of nitrogens with one attached hydrogen (secondary N) is 1. The van der Waals surface area contributed by atoms with Gasteiger partial charge >= 0.3 is 5.97 Å². The molecule has 0 aliphatic heterocycles. The van der Waals surface area contributed by atoms with E-state index in [-0.39, 0.29) is 5.75 Å². The molecule has 1 aromatic heterocycles. The number of benzene rings is 3. The second-order valence-electron chi connectivity index (χ2n) is 7.49. The van der Waals surface area contributed by atoms with Gasteiger partial charge in [0.1, 0.15) is 16.4 Å². The summed E-state index contributed by atoms with van der Waals surface area (Å²) < 4.78 is 12.2. The zero-order chi connectivity index (χ0) is 25.7. The Kier molecular flexibility index (Phi) is 8.48. The Morgan fingerprint density at radius 3 is 2.53 bits per heavy atom. The molecular formula is C26H19Cl3N2O4S. The highest BCUT2D eigenvalue weighted by Gasteiger charge is 2.21. The fourth-order valence-electron chi connectivity index (χ4n) is 3.26. The van der Waals surface area contributed by atoms with Gasteiger partial charge in [-0.3, -0.25) is 4.79 Å². The number of thiophene rings is 1. The first-order valence-electron chi connectivity index (χ1n) is 10.8. The van der Waals surface area contributed by atoms with Crippen molar-refractivity contribution in [1.29, 1.82) is 0 Å². The molecular weight excluding hydrogens is 543 g/mol. The van der Waals surface area contributed by atoms with Gasteiger partial charge in [-0.2, -0.15) is 5.10 Å². The summed E-state index contributed by atoms with van der Waals surface area (Å²) in [6, 6.07) is 19.0. The average Bonchev–Trinajstić information content (AvgIpc) is 3.21. The zero-order valence-electron chi connectivity index (χ0n) is 18.8. The summed E-state index contributed by atoms with van der Waals surface area (Å²) >= 11 is 19.7. The molecule has 0 spiro atoms. The zero-order valence-corrected chi connectivity index (χ0v) is 21.9. The van der Waals surface area contributed by atoms with E-state index in [1.807, 2.05) is 24.3 Å². The molecule has 4 rings (SSSR count). The molecule has 0 aliphatic rings. The number of esters is 1. The molecule has 1 atom stereocenters. The Labute approximate surface area is 226 Å². The molecule has 1 unspecified atom stereocenters. The van der Waals surface area contributed by atoms with Crippen LogP contribution in [0.5, 0.6) is 11.5 Å². The lowest BCUT2D eigenvalue weighted by Gasteiger charge is -2.16. The van der Waals surface area contributed by atoms with Crippen molar-refractivity contribution >= 4 is 74.3 Å². The minimum absolute atomic E-state index is 0.269. The number of carbonyl (C=O) groups excluding carboxylic acids is 2. The van der Waals surface area contributed by atoms with E-state index in [4.69, 9.17) is 44.3 Å². The molecule has 0 bridgehead atoms. The Morgan fingerprint density at radius 1 is 1.03 bits per heavy atom. The number of para-hydroxylation sites is 1. The molecule has 36 heavy (non-hydrogen) atoms. The number of amides is 1. The summed E-state index contributed by atoms with van der Waals surface area (Å²) in [4.78, 5) is 25.7. The predicted octanol–water partition coefficient (Wildman–Crippen LogP) is 7.39. The van der Waals surface area contributed by atoms with Gasteiger partial charge in [-0.15, -0.1) is 11.3 Å². The number of carbonyl (C=O) groups is 2. The number of hydrogen-bond donors (Lipinski definition) is 1. The van der Waals surface area contributed by atoms with Crippen molar-refractivity contribution in [2.45, 2.75) is 19.4 Å². The fourth-order valence-corrected chi connectivity index (χ4v) is 5.09. The van der Waals surface area contributed by atoms with Gasteiger partial charge in [0.25, 0.3) is 5.91 Å². The van der Waals surface area contributed by atoms with Crippen LogP contribution in [0.4, 0.5) is 0 Å². The van der Waals surface area contributed by atoms with Gasteiger partial charge in [-0.1, -0.05) is 72.1 Å². The normalized spacial score (nSPS) is 12.0. The maximum absolute atomic E-state index is 12.8. The van der Waals surface area contributed by atoms with Gasteiger partial charge in [0, 0.05) is 20.7 Å². The lowest BCUT2D eigenvalue weighted by atomic mass is 10.2. The van der Waals surface area contributed by atoms with Gasteiger partial charge in [-0.25, -0.2) is 10.2 Å². The third-order valence-corrected chi connectivity index (χ3v) is 7.23. The summed E-state index contributed by atoms with van der Waals surface area (Å²) in [5.74, 6) is -0.439. The van der Waals surface area contributed by atoms with Crippen LogP contribution in [-0.4, -0.2) is 24.2 Å². The van der Waals surface area contributed by atoms with Crippen LogP contribution in [0.25, 0.3) is 10.1 Å². The van der Waals surface area contributed by atoms with Crippen LogP contribution >= 0.6 is 46.1 Å². The van der Waals surface area contributed by atoms with E-state index in [0.29, 0.717) is 37.7 Å². The Balaban J connectivity index is 1.44. The third-order valence-electron chi connectivity index (χ3n) is 5.05. The molecule has 6 nitrogen and oxygen atoms in total. The first kappa shape index (κ1) is 26.0. The summed E-state index contributed by atoms with van der Waals surface area (Å²) in [5, 5.41) is 5.91. The lowest BCUT2D eigenvalue weighted by molar-refractivity contribution is -0.128. The largest absolute Gasteiger partial charge is 0.479 e. The van der Waals surface area contributed by atoms with Gasteiger partial charge in [-0.05, 0) is 42.8 Å². The van der Waals surface area contributed by atoms with E-state index in [9.17, 15) is 9.59 Å². The monoisotopic (exact) mass is 560 g/mol. The van der Waals surface area contributed by atoms with Crippen molar-refractivity contribution in [3.63, 3.8) is 0 Å². The van der Waals surface area contributed by atoms with Crippen LogP contribution in [0.3, 0.4) is 0 Å². The van der Waals surface area contributed by atoms with Gasteiger partial charge in [0.15, 0.2) is 6.10 Å². The first-order chi connectivity index (χ1) is 17.4. The van der Waals surface area contributed by atoms with Gasteiger partial charge in [0.2, 0.25) is 0 Å². The van der Waals surface area contributed by atoms with E-state index in [1.54, 1.807) is 43.3 Å². The van der Waals surface area contributed by atoms with Crippen LogP contribution in [0.15, 0.2) is 71.8 Å². The summed E-state index contributed by atoms with van der Waals surface area (Å²) in [7, 11) is 0. The number of ether oxygens (including phenoxy) is 2. The van der Waals surface area contributed by atoms with Crippen molar-refractivity contribution in [2.75, 3.05) is 0 Å². The van der Waals surface area contributed by atoms with E-state index >= 15 is 0 Å². The molecule has 0 saturated heterocycles. The fraction of sp³-hybridized carbons (Fsp3) is 0.115. The highest BCUT2D eigenvalue weighted by Crippen LogP contribution is 2.36. The van der Waals surface area contributed by atoms with Crippen LogP contribution in [-0.2, 0) is 4.79 Å². The van der Waals surface area contributed by atoms with Crippen LogP contribution in [0.2, 0.25) is 15.1 Å². The van der Waals surface area contributed by atoms with E-state index in [2.05, 4.69) is 10.5 Å². The van der Waals surface area contributed by atoms with Crippen molar-refractivity contribution in [2.24, 2.45) is 5.10 Å². The van der Waals surface area contributed by atoms with Crippen LogP contribution < -0.4 is 14.9 Å². The molecule has 184 valence electrons. The van der Waals surface area contributed by atoms with Crippen molar-refractivity contribution in [1.82, 2.24) is 5.43 Å². The molecule has 1 N–H and O–H groups in total. The summed E-state index contributed by atoms with van der Waals surface area (Å²) in [6.07, 6.45) is 0.934. The molecule has 0 aliphatic carbocycles. The van der Waals surface area contributed by atoms with E-state index in [1.165, 1.54) is 23.6 Å². The molecule has 0 saturated carbocycles. The number of fused-ring (bicyclic) bond motifs is 1. The second kappa shape index (κ2) is 11.8. The first-order valence-corrected chi connectivity index (χ1v) is 12.7. The number of hydrogen-bond acceptors (Lipinski definition) is 6. The second-order valence-corrected chi connectivity index (χ2v) is 9.77. The number of rotatable bonds is 8. The molecule has 1 heterocycles. The molecule has 3 aromatic carbocycles. The van der Waals surface area contributed by atoms with Crippen LogP contribution in [0.1, 0.15) is 28.6 Å². The molecule has 4 aromatic rings. The van der Waals surface area contributed by atoms with E-state index in [0.717, 1.165) is 10.1 Å². The Hall–Kier alpha value is -3.10. The average molecular weight is 562 g/mol. The molecule has 0 fully saturated rings. The van der Waals surface area contributed by atoms with Crippen molar-refractivity contribution in [3.8, 4) is 11.5 Å². The minimum Gasteiger partial charge on any atom is -0.479 e. The minimum atomic E-state index is -0.830. The van der Waals surface area contributed by atoms with E-state index < -0.39 is 18.0 Å². The predicted molar refractivity (Wildman–Crippen MR) is 145 cm³/mol. The maximum Gasteiger partial charge on any atom is 0.355 e. The lowest BCUT2D eigenvalue weighted by Crippen LogP contribution is -2.35.